The highest BCUT2D eigenvalue weighted by atomic mass is 35.5. The van der Waals surface area contributed by atoms with E-state index in [1.807, 2.05) is 18.3 Å². The predicted molar refractivity (Wildman–Crippen MR) is 100 cm³/mol. The molecule has 0 spiro atoms. The van der Waals surface area contributed by atoms with Gasteiger partial charge in [-0.3, -0.25) is 0 Å². The van der Waals surface area contributed by atoms with E-state index in [4.69, 9.17) is 32.7 Å². The first-order chi connectivity index (χ1) is 12.0. The van der Waals surface area contributed by atoms with E-state index in [1.54, 1.807) is 19.3 Å². The number of halogens is 2. The van der Waals surface area contributed by atoms with Gasteiger partial charge in [0, 0.05) is 30.7 Å². The normalized spacial score (nSPS) is 18.1. The largest absolute Gasteiger partial charge is 0.500 e. The number of benzene rings is 1. The Morgan fingerprint density at radius 3 is 2.80 bits per heavy atom. The molecule has 0 radical (unpaired) electrons. The van der Waals surface area contributed by atoms with Crippen LogP contribution >= 0.6 is 23.2 Å². The average molecular weight is 381 g/mol. The Bertz CT molecular complexity index is 800. The van der Waals surface area contributed by atoms with E-state index in [1.165, 1.54) is 7.11 Å². The van der Waals surface area contributed by atoms with Gasteiger partial charge < -0.3 is 19.7 Å². The van der Waals surface area contributed by atoms with Gasteiger partial charge in [-0.1, -0.05) is 29.3 Å². The molecule has 0 unspecified atom stereocenters. The first-order valence-corrected chi connectivity index (χ1v) is 8.53. The highest BCUT2D eigenvalue weighted by molar-refractivity contribution is 6.37. The molecule has 1 aliphatic heterocycles. The monoisotopic (exact) mass is 380 g/mol. The maximum absolute atomic E-state index is 11.8. The lowest BCUT2D eigenvalue weighted by molar-refractivity contribution is -0.136. The number of anilines is 2. The summed E-state index contributed by atoms with van der Waals surface area (Å²) in [5.74, 6) is 0.179. The molecule has 0 bridgehead atoms. The molecule has 0 amide bonds. The van der Waals surface area contributed by atoms with Crippen LogP contribution in [0.15, 0.2) is 47.4 Å². The molecule has 1 aromatic rings. The van der Waals surface area contributed by atoms with Gasteiger partial charge in [-0.25, -0.2) is 4.79 Å². The molecular weight excluding hydrogens is 363 g/mol. The maximum Gasteiger partial charge on any atom is 0.341 e. The van der Waals surface area contributed by atoms with Gasteiger partial charge in [0.15, 0.2) is 0 Å². The van der Waals surface area contributed by atoms with Crippen molar-refractivity contribution in [3.8, 4) is 0 Å². The van der Waals surface area contributed by atoms with Crippen LogP contribution in [0.5, 0.6) is 0 Å². The van der Waals surface area contributed by atoms with Gasteiger partial charge in [-0.15, -0.1) is 0 Å². The van der Waals surface area contributed by atoms with E-state index in [0.29, 0.717) is 27.8 Å². The highest BCUT2D eigenvalue weighted by Crippen LogP contribution is 2.39. The van der Waals surface area contributed by atoms with E-state index in [2.05, 4.69) is 10.2 Å². The number of carbonyl (C=O) groups is 1. The topological polar surface area (TPSA) is 50.8 Å². The zero-order valence-electron chi connectivity index (χ0n) is 13.9. The lowest BCUT2D eigenvalue weighted by Gasteiger charge is -2.31. The number of carbonyl (C=O) groups excluding carboxylic acids is 1. The average Bonchev–Trinajstić information content (AvgIpc) is 2.61. The Hall–Kier alpha value is -2.11. The minimum Gasteiger partial charge on any atom is -0.500 e. The molecule has 0 aromatic heterocycles. The van der Waals surface area contributed by atoms with Gasteiger partial charge in [-0.2, -0.15) is 0 Å². The van der Waals surface area contributed by atoms with Crippen LogP contribution in [0.25, 0.3) is 0 Å². The van der Waals surface area contributed by atoms with Crippen LogP contribution in [-0.4, -0.2) is 33.3 Å². The fourth-order valence-electron chi connectivity index (χ4n) is 2.90. The van der Waals surface area contributed by atoms with Gasteiger partial charge in [0.05, 0.1) is 36.2 Å². The van der Waals surface area contributed by atoms with E-state index in [-0.39, 0.29) is 0 Å². The molecule has 0 fully saturated rings. The van der Waals surface area contributed by atoms with Crippen molar-refractivity contribution in [1.82, 2.24) is 0 Å². The van der Waals surface area contributed by atoms with Crippen LogP contribution in [0.2, 0.25) is 10.0 Å². The van der Waals surface area contributed by atoms with Crippen molar-refractivity contribution < 1.29 is 14.3 Å². The third-order valence-corrected chi connectivity index (χ3v) is 4.62. The second kappa shape index (κ2) is 7.42. The number of methoxy groups -OCH3 is 2. The van der Waals surface area contributed by atoms with Crippen molar-refractivity contribution in [1.29, 1.82) is 0 Å². The fourth-order valence-corrected chi connectivity index (χ4v) is 3.45. The number of nitrogens with one attached hydrogen (secondary N) is 1. The molecule has 0 saturated heterocycles. The predicted octanol–water partition coefficient (Wildman–Crippen LogP) is 4.14. The molecule has 132 valence electrons. The van der Waals surface area contributed by atoms with Gasteiger partial charge in [-0.05, 0) is 23.8 Å². The van der Waals surface area contributed by atoms with E-state index in [0.717, 1.165) is 30.0 Å². The van der Waals surface area contributed by atoms with Crippen LogP contribution < -0.4 is 10.2 Å². The Morgan fingerprint density at radius 1 is 1.28 bits per heavy atom. The standard InChI is InChI=1S/C18H18Cl2N2O3/c1-24-16-7-11(3-4-13(16)18(23)25-2)10-22-6-5-21-17-14(20)8-12(19)9-15(17)22/h3-4,8-10,21H,5-7H2,1-2H3. The molecule has 25 heavy (non-hydrogen) atoms. The maximum atomic E-state index is 11.8. The third-order valence-electron chi connectivity index (χ3n) is 4.10. The van der Waals surface area contributed by atoms with Gasteiger partial charge in [0.25, 0.3) is 0 Å². The smallest absolute Gasteiger partial charge is 0.341 e. The van der Waals surface area contributed by atoms with Crippen molar-refractivity contribution >= 4 is 40.5 Å². The number of rotatable bonds is 3. The first kappa shape index (κ1) is 17.7. The van der Waals surface area contributed by atoms with E-state index < -0.39 is 5.97 Å². The zero-order chi connectivity index (χ0) is 18.0. The van der Waals surface area contributed by atoms with Crippen molar-refractivity contribution in [3.05, 3.63) is 57.4 Å². The van der Waals surface area contributed by atoms with Crippen molar-refractivity contribution in [2.75, 3.05) is 37.5 Å². The second-order valence-corrected chi connectivity index (χ2v) is 6.49. The third kappa shape index (κ3) is 3.62. The summed E-state index contributed by atoms with van der Waals surface area (Å²) in [5, 5.41) is 4.48. The lowest BCUT2D eigenvalue weighted by Crippen LogP contribution is -2.30. The molecule has 1 heterocycles. The number of ether oxygens (including phenoxy) is 2. The first-order valence-electron chi connectivity index (χ1n) is 7.77. The Kier molecular flexibility index (Phi) is 5.25. The summed E-state index contributed by atoms with van der Waals surface area (Å²) < 4.78 is 10.2. The van der Waals surface area contributed by atoms with E-state index in [9.17, 15) is 4.79 Å². The second-order valence-electron chi connectivity index (χ2n) is 5.65. The van der Waals surface area contributed by atoms with Gasteiger partial charge in [0.2, 0.25) is 0 Å². The summed E-state index contributed by atoms with van der Waals surface area (Å²) in [4.78, 5) is 13.9. The molecule has 3 rings (SSSR count). The molecule has 1 aliphatic carbocycles. The van der Waals surface area contributed by atoms with E-state index >= 15 is 0 Å². The van der Waals surface area contributed by atoms with Crippen LogP contribution in [0, 0.1) is 0 Å². The molecule has 1 aromatic carbocycles. The van der Waals surface area contributed by atoms with Gasteiger partial charge >= 0.3 is 5.97 Å². The minimum absolute atomic E-state index is 0.404. The fraction of sp³-hybridized carbons (Fsp3) is 0.278. The van der Waals surface area contributed by atoms with Crippen LogP contribution in [0.1, 0.15) is 6.42 Å². The minimum atomic E-state index is -0.404. The number of hydrogen-bond donors (Lipinski definition) is 1. The number of nitrogens with zero attached hydrogens (tertiary/aromatic N) is 1. The summed E-state index contributed by atoms with van der Waals surface area (Å²) in [7, 11) is 2.90. The summed E-state index contributed by atoms with van der Waals surface area (Å²) in [6.45, 7) is 1.54. The number of fused-ring (bicyclic) bond motifs is 1. The molecule has 1 N–H and O–H groups in total. The highest BCUT2D eigenvalue weighted by Gasteiger charge is 2.22. The lowest BCUT2D eigenvalue weighted by atomic mass is 10.0. The number of allylic oxidation sites excluding steroid dienone is 2. The van der Waals surface area contributed by atoms with Crippen LogP contribution in [0.3, 0.4) is 0 Å². The van der Waals surface area contributed by atoms with Crippen molar-refractivity contribution in [2.24, 2.45) is 0 Å². The molecule has 0 saturated carbocycles. The summed E-state index contributed by atoms with van der Waals surface area (Å²) in [6, 6.07) is 3.60. The Balaban J connectivity index is 1.91. The van der Waals surface area contributed by atoms with Crippen molar-refractivity contribution in [2.45, 2.75) is 6.42 Å². The van der Waals surface area contributed by atoms with Gasteiger partial charge in [0.1, 0.15) is 5.76 Å². The zero-order valence-corrected chi connectivity index (χ0v) is 15.4. The Labute approximate surface area is 156 Å². The quantitative estimate of drug-likeness (QED) is 0.798. The molecule has 5 nitrogen and oxygen atoms in total. The molecular formula is C18H18Cl2N2O3. The summed E-state index contributed by atoms with van der Waals surface area (Å²) in [5.41, 5.74) is 3.24. The SMILES string of the molecule is COC(=O)C1=C(OC)CC(=CN2CCNc3c(Cl)cc(Cl)cc32)C=C1. The molecule has 0 atom stereocenters. The summed E-state index contributed by atoms with van der Waals surface area (Å²) >= 11 is 12.4. The van der Waals surface area contributed by atoms with Crippen LogP contribution in [0.4, 0.5) is 11.4 Å². The van der Waals surface area contributed by atoms with Crippen LogP contribution in [-0.2, 0) is 14.3 Å². The number of hydrogen-bond acceptors (Lipinski definition) is 5. The van der Waals surface area contributed by atoms with Crippen molar-refractivity contribution in [3.63, 3.8) is 0 Å². The molecule has 7 heteroatoms. The molecule has 2 aliphatic rings. The number of esters is 1. The Morgan fingerprint density at radius 2 is 2.08 bits per heavy atom. The summed E-state index contributed by atoms with van der Waals surface area (Å²) in [6.07, 6.45) is 6.14.